The maximum atomic E-state index is 12.9. The van der Waals surface area contributed by atoms with Crippen molar-refractivity contribution >= 4 is 22.1 Å². The molecule has 374 valence electrons. The van der Waals surface area contributed by atoms with E-state index in [0.29, 0.717) is 12.8 Å². The Morgan fingerprint density at radius 3 is 1.16 bits per heavy atom. The standard InChI is InChI=1S/C50H96O12S/c1-3-5-7-9-11-13-15-17-18-19-20-21-22-23-24-25-26-27-29-31-33-35-37-39-46(52)61-43(41-60-50-49(55)48(54)47(53)44(62-50)42-63(56,57)58)40-59-45(51)38-36-34-32-30-28-16-14-12-10-8-6-4-2/h43-44,47-50,53-55H,3-42H2,1-2H3,(H,56,57,58)/t43-,44-,47-,48?,49?,50+/m1/s1. The van der Waals surface area contributed by atoms with E-state index in [4.69, 9.17) is 18.9 Å². The third-order valence-corrected chi connectivity index (χ3v) is 13.2. The summed E-state index contributed by atoms with van der Waals surface area (Å²) in [6.07, 6.45) is 34.4. The minimum absolute atomic E-state index is 0.173. The molecule has 0 amide bonds. The van der Waals surface area contributed by atoms with Gasteiger partial charge in [0.05, 0.1) is 6.61 Å². The molecule has 0 spiro atoms. The Morgan fingerprint density at radius 1 is 0.476 bits per heavy atom. The maximum Gasteiger partial charge on any atom is 0.306 e. The van der Waals surface area contributed by atoms with Gasteiger partial charge in [-0.2, -0.15) is 8.42 Å². The Labute approximate surface area is 384 Å². The molecule has 1 aliphatic heterocycles. The minimum atomic E-state index is -4.60. The first-order valence-corrected chi connectivity index (χ1v) is 27.7. The molecule has 1 rings (SSSR count). The smallest absolute Gasteiger partial charge is 0.306 e. The summed E-state index contributed by atoms with van der Waals surface area (Å²) in [7, 11) is -4.60. The van der Waals surface area contributed by atoms with Gasteiger partial charge >= 0.3 is 11.9 Å². The van der Waals surface area contributed by atoms with Crippen LogP contribution in [0.5, 0.6) is 0 Å². The summed E-state index contributed by atoms with van der Waals surface area (Å²) in [6, 6.07) is 0. The van der Waals surface area contributed by atoms with Crippen LogP contribution in [-0.4, -0.2) is 96.0 Å². The second-order valence-corrected chi connectivity index (χ2v) is 20.1. The zero-order chi connectivity index (χ0) is 46.2. The Bertz CT molecular complexity index is 1170. The minimum Gasteiger partial charge on any atom is -0.462 e. The second-order valence-electron chi connectivity index (χ2n) is 18.6. The normalized spacial score (nSPS) is 19.6. The number of hydrogen-bond acceptors (Lipinski definition) is 11. The van der Waals surface area contributed by atoms with E-state index in [1.807, 2.05) is 0 Å². The molecule has 0 saturated carbocycles. The average Bonchev–Trinajstić information content (AvgIpc) is 3.25. The quantitative estimate of drug-likeness (QED) is 0.0258. The number of unbranched alkanes of at least 4 members (excludes halogenated alkanes) is 33. The Hall–Kier alpha value is -1.35. The summed E-state index contributed by atoms with van der Waals surface area (Å²) in [5.41, 5.74) is 0. The van der Waals surface area contributed by atoms with E-state index in [1.54, 1.807) is 0 Å². The van der Waals surface area contributed by atoms with Crippen LogP contribution < -0.4 is 0 Å². The predicted molar refractivity (Wildman–Crippen MR) is 252 cm³/mol. The van der Waals surface area contributed by atoms with E-state index in [1.165, 1.54) is 173 Å². The third-order valence-electron chi connectivity index (χ3n) is 12.4. The molecule has 0 bridgehead atoms. The number of aliphatic hydroxyl groups excluding tert-OH is 3. The monoisotopic (exact) mass is 921 g/mol. The second kappa shape index (κ2) is 40.9. The SMILES string of the molecule is CCCCCCCCCCCCCCCCCCCCCCCCCC(=O)O[C@H](COC(=O)CCCCCCCCCCCCCC)CO[C@H]1O[C@H](CS(=O)(=O)O)[C@@H](O)C(O)C1O. The van der Waals surface area contributed by atoms with Crippen molar-refractivity contribution in [3.63, 3.8) is 0 Å². The Kier molecular flexibility index (Phi) is 38.7. The highest BCUT2D eigenvalue weighted by atomic mass is 32.2. The third kappa shape index (κ3) is 35.5. The summed E-state index contributed by atoms with van der Waals surface area (Å²) < 4.78 is 54.2. The molecule has 2 unspecified atom stereocenters. The van der Waals surface area contributed by atoms with Crippen LogP contribution in [0.15, 0.2) is 0 Å². The molecule has 0 aromatic rings. The zero-order valence-electron chi connectivity index (χ0n) is 40.2. The highest BCUT2D eigenvalue weighted by molar-refractivity contribution is 7.85. The van der Waals surface area contributed by atoms with Gasteiger partial charge < -0.3 is 34.3 Å². The number of carbonyl (C=O) groups is 2. The molecule has 0 aliphatic carbocycles. The van der Waals surface area contributed by atoms with Crippen molar-refractivity contribution in [2.75, 3.05) is 19.0 Å². The summed E-state index contributed by atoms with van der Waals surface area (Å²) in [4.78, 5) is 25.5. The van der Waals surface area contributed by atoms with Gasteiger partial charge in [0.2, 0.25) is 0 Å². The van der Waals surface area contributed by atoms with Gasteiger partial charge in [-0.25, -0.2) is 0 Å². The van der Waals surface area contributed by atoms with Gasteiger partial charge in [-0.3, -0.25) is 14.1 Å². The molecule has 1 fully saturated rings. The van der Waals surface area contributed by atoms with Crippen molar-refractivity contribution in [1.82, 2.24) is 0 Å². The number of ether oxygens (including phenoxy) is 4. The maximum absolute atomic E-state index is 12.9. The van der Waals surface area contributed by atoms with Gasteiger partial charge in [0.15, 0.2) is 12.4 Å². The Balaban J connectivity index is 2.31. The van der Waals surface area contributed by atoms with Crippen LogP contribution >= 0.6 is 0 Å². The molecule has 0 aromatic heterocycles. The molecule has 12 nitrogen and oxygen atoms in total. The molecule has 0 radical (unpaired) electrons. The first-order valence-electron chi connectivity index (χ1n) is 26.1. The van der Waals surface area contributed by atoms with Crippen LogP contribution in [-0.2, 0) is 38.7 Å². The van der Waals surface area contributed by atoms with E-state index in [0.717, 1.165) is 38.5 Å². The summed E-state index contributed by atoms with van der Waals surface area (Å²) in [5.74, 6) is -1.96. The van der Waals surface area contributed by atoms with Crippen LogP contribution in [0.25, 0.3) is 0 Å². The van der Waals surface area contributed by atoms with E-state index < -0.39 is 71.2 Å². The number of esters is 2. The van der Waals surface area contributed by atoms with Crippen molar-refractivity contribution in [2.45, 2.75) is 288 Å². The summed E-state index contributed by atoms with van der Waals surface area (Å²) in [5, 5.41) is 30.9. The molecule has 13 heteroatoms. The zero-order valence-corrected chi connectivity index (χ0v) is 41.0. The van der Waals surface area contributed by atoms with Crippen LogP contribution in [0.2, 0.25) is 0 Å². The molecular weight excluding hydrogens is 825 g/mol. The fraction of sp³-hybridized carbons (Fsp3) is 0.960. The van der Waals surface area contributed by atoms with Crippen molar-refractivity contribution in [1.29, 1.82) is 0 Å². The lowest BCUT2D eigenvalue weighted by molar-refractivity contribution is -0.297. The molecule has 63 heavy (non-hydrogen) atoms. The van der Waals surface area contributed by atoms with Gasteiger partial charge in [0.1, 0.15) is 36.8 Å². The number of hydrogen-bond donors (Lipinski definition) is 4. The van der Waals surface area contributed by atoms with E-state index in [9.17, 15) is 37.9 Å². The molecule has 1 saturated heterocycles. The molecule has 1 heterocycles. The topological polar surface area (TPSA) is 186 Å². The summed E-state index contributed by atoms with van der Waals surface area (Å²) >= 11 is 0. The van der Waals surface area contributed by atoms with E-state index in [2.05, 4.69) is 13.8 Å². The first kappa shape index (κ1) is 59.7. The van der Waals surface area contributed by atoms with Gasteiger partial charge in [0, 0.05) is 12.8 Å². The summed E-state index contributed by atoms with van der Waals surface area (Å²) in [6.45, 7) is 3.80. The van der Waals surface area contributed by atoms with Gasteiger partial charge in [-0.15, -0.1) is 0 Å². The van der Waals surface area contributed by atoms with E-state index >= 15 is 0 Å². The lowest BCUT2D eigenvalue weighted by Gasteiger charge is -2.40. The Morgan fingerprint density at radius 2 is 0.810 bits per heavy atom. The number of carbonyl (C=O) groups excluding carboxylic acids is 2. The van der Waals surface area contributed by atoms with Crippen LogP contribution in [0.3, 0.4) is 0 Å². The molecule has 4 N–H and O–H groups in total. The lowest BCUT2D eigenvalue weighted by atomic mass is 10.00. The fourth-order valence-electron chi connectivity index (χ4n) is 8.39. The van der Waals surface area contributed by atoms with Crippen molar-refractivity contribution < 1.29 is 56.8 Å². The lowest BCUT2D eigenvalue weighted by Crippen LogP contribution is -2.60. The van der Waals surface area contributed by atoms with Crippen LogP contribution in [0, 0.1) is 0 Å². The van der Waals surface area contributed by atoms with Crippen molar-refractivity contribution in [2.24, 2.45) is 0 Å². The molecule has 6 atom stereocenters. The number of rotatable bonds is 45. The van der Waals surface area contributed by atoms with Crippen LogP contribution in [0.4, 0.5) is 0 Å². The number of aliphatic hydroxyl groups is 3. The largest absolute Gasteiger partial charge is 0.462 e. The highest BCUT2D eigenvalue weighted by Crippen LogP contribution is 2.24. The molecular formula is C50H96O12S. The molecule has 0 aromatic carbocycles. The molecule has 1 aliphatic rings. The first-order chi connectivity index (χ1) is 30.5. The van der Waals surface area contributed by atoms with Crippen molar-refractivity contribution in [3.8, 4) is 0 Å². The predicted octanol–water partition coefficient (Wildman–Crippen LogP) is 11.6. The van der Waals surface area contributed by atoms with Crippen molar-refractivity contribution in [3.05, 3.63) is 0 Å². The highest BCUT2D eigenvalue weighted by Gasteiger charge is 2.46. The van der Waals surface area contributed by atoms with Gasteiger partial charge in [0.25, 0.3) is 10.1 Å². The van der Waals surface area contributed by atoms with E-state index in [-0.39, 0.29) is 19.4 Å². The fourth-order valence-corrected chi connectivity index (χ4v) is 9.08. The average molecular weight is 921 g/mol. The van der Waals surface area contributed by atoms with Gasteiger partial charge in [-0.1, -0.05) is 226 Å². The van der Waals surface area contributed by atoms with Crippen LogP contribution in [0.1, 0.15) is 251 Å². The van der Waals surface area contributed by atoms with Gasteiger partial charge in [-0.05, 0) is 12.8 Å².